The number of aromatic nitrogens is 5. The van der Waals surface area contributed by atoms with Gasteiger partial charge in [0.15, 0.2) is 0 Å². The lowest BCUT2D eigenvalue weighted by Crippen LogP contribution is -2.21. The van der Waals surface area contributed by atoms with Crippen molar-refractivity contribution in [2.45, 2.75) is 45.4 Å². The molecule has 0 unspecified atom stereocenters. The standard InChI is InChI=1S/C33H34N6S/c1-21(26-16-27(19-34-18-26)36-22(2)15-24-7-5-4-6-8-24)9-10-30-23(3)32(39-38-30)31-17-29-28(25-12-14-40-20-25)11-13-35-33(29)37-31/h9-14,16-20,24,36,38H,2-8,15H2,1H3,(H,35,37)/b21-9+,30-10+. The Morgan fingerprint density at radius 2 is 2.05 bits per heavy atom. The SMILES string of the molecule is C=C(CC1CCCCC1)Nc1cncc(/C(C)=C/C=c2/[nH]nc(-c3cc4c(-c5ccsc5)ccnc4[nH]3)c2=C)c1. The van der Waals surface area contributed by atoms with E-state index in [0.29, 0.717) is 0 Å². The number of allylic oxidation sites excluding steroid dienone is 3. The highest BCUT2D eigenvalue weighted by Crippen LogP contribution is 2.31. The lowest BCUT2D eigenvalue weighted by molar-refractivity contribution is 0.357. The molecule has 6 nitrogen and oxygen atoms in total. The molecule has 0 radical (unpaired) electrons. The van der Waals surface area contributed by atoms with Crippen LogP contribution in [0.5, 0.6) is 0 Å². The second-order valence-electron chi connectivity index (χ2n) is 10.7. The van der Waals surface area contributed by atoms with E-state index >= 15 is 0 Å². The molecule has 1 fully saturated rings. The molecule has 0 aliphatic heterocycles. The first-order valence-corrected chi connectivity index (χ1v) is 14.8. The van der Waals surface area contributed by atoms with E-state index in [0.717, 1.165) is 73.4 Å². The van der Waals surface area contributed by atoms with Crippen molar-refractivity contribution in [1.82, 2.24) is 25.1 Å². The minimum atomic E-state index is 0.751. The van der Waals surface area contributed by atoms with Gasteiger partial charge in [-0.1, -0.05) is 51.3 Å². The number of anilines is 1. The molecular weight excluding hydrogens is 512 g/mol. The highest BCUT2D eigenvalue weighted by molar-refractivity contribution is 7.08. The number of pyridine rings is 2. The van der Waals surface area contributed by atoms with Crippen LogP contribution in [-0.4, -0.2) is 25.1 Å². The second kappa shape index (κ2) is 11.5. The van der Waals surface area contributed by atoms with Crippen LogP contribution >= 0.6 is 11.3 Å². The van der Waals surface area contributed by atoms with Crippen LogP contribution in [0.2, 0.25) is 0 Å². The fourth-order valence-electron chi connectivity index (χ4n) is 5.59. The maximum absolute atomic E-state index is 4.58. The zero-order valence-electron chi connectivity index (χ0n) is 22.8. The molecular formula is C33H34N6S. The quantitative estimate of drug-likeness (QED) is 0.191. The highest BCUT2D eigenvalue weighted by Gasteiger charge is 2.15. The van der Waals surface area contributed by atoms with Gasteiger partial charge >= 0.3 is 0 Å². The van der Waals surface area contributed by atoms with Crippen LogP contribution in [0.15, 0.2) is 72.0 Å². The monoisotopic (exact) mass is 546 g/mol. The van der Waals surface area contributed by atoms with Crippen molar-refractivity contribution in [1.29, 1.82) is 0 Å². The largest absolute Gasteiger partial charge is 0.358 e. The van der Waals surface area contributed by atoms with Gasteiger partial charge in [0.1, 0.15) is 11.3 Å². The van der Waals surface area contributed by atoms with Gasteiger partial charge in [-0.3, -0.25) is 10.1 Å². The highest BCUT2D eigenvalue weighted by atomic mass is 32.1. The molecule has 1 aliphatic carbocycles. The molecule has 0 amide bonds. The van der Waals surface area contributed by atoms with Crippen LogP contribution in [-0.2, 0) is 0 Å². The minimum Gasteiger partial charge on any atom is -0.358 e. The fraction of sp³-hybridized carbons (Fsp3) is 0.242. The number of nitrogens with one attached hydrogen (secondary N) is 3. The zero-order valence-corrected chi connectivity index (χ0v) is 23.7. The summed E-state index contributed by atoms with van der Waals surface area (Å²) in [5.74, 6) is 0.751. The zero-order chi connectivity index (χ0) is 27.5. The van der Waals surface area contributed by atoms with Crippen LogP contribution in [0, 0.1) is 5.92 Å². The predicted molar refractivity (Wildman–Crippen MR) is 168 cm³/mol. The fourth-order valence-corrected chi connectivity index (χ4v) is 6.24. The van der Waals surface area contributed by atoms with E-state index in [1.807, 2.05) is 24.7 Å². The van der Waals surface area contributed by atoms with Crippen molar-refractivity contribution in [2.75, 3.05) is 5.32 Å². The maximum atomic E-state index is 4.58. The summed E-state index contributed by atoms with van der Waals surface area (Å²) in [4.78, 5) is 12.4. The average molecular weight is 547 g/mol. The Morgan fingerprint density at radius 3 is 2.88 bits per heavy atom. The van der Waals surface area contributed by atoms with Gasteiger partial charge in [-0.25, -0.2) is 4.98 Å². The number of fused-ring (bicyclic) bond motifs is 1. The molecule has 0 atom stereocenters. The van der Waals surface area contributed by atoms with Gasteiger partial charge in [-0.2, -0.15) is 16.4 Å². The Morgan fingerprint density at radius 1 is 1.18 bits per heavy atom. The Kier molecular flexibility index (Phi) is 7.47. The van der Waals surface area contributed by atoms with E-state index in [1.54, 1.807) is 11.3 Å². The molecule has 5 aromatic rings. The number of aromatic amines is 2. The number of hydrogen-bond acceptors (Lipinski definition) is 5. The van der Waals surface area contributed by atoms with Crippen molar-refractivity contribution in [3.63, 3.8) is 0 Å². The van der Waals surface area contributed by atoms with Crippen LogP contribution in [0.25, 0.3) is 51.8 Å². The van der Waals surface area contributed by atoms with E-state index in [4.69, 9.17) is 0 Å². The van der Waals surface area contributed by atoms with Crippen molar-refractivity contribution >= 4 is 46.3 Å². The third-order valence-electron chi connectivity index (χ3n) is 7.79. The van der Waals surface area contributed by atoms with Crippen LogP contribution in [0.3, 0.4) is 0 Å². The molecule has 0 bridgehead atoms. The van der Waals surface area contributed by atoms with Gasteiger partial charge < -0.3 is 10.3 Å². The Balaban J connectivity index is 1.21. The first-order valence-electron chi connectivity index (χ1n) is 13.9. The van der Waals surface area contributed by atoms with E-state index in [1.165, 1.54) is 37.7 Å². The minimum absolute atomic E-state index is 0.751. The summed E-state index contributed by atoms with van der Waals surface area (Å²) in [6.07, 6.45) is 17.4. The summed E-state index contributed by atoms with van der Waals surface area (Å²) in [6.45, 7) is 10.7. The van der Waals surface area contributed by atoms with E-state index in [9.17, 15) is 0 Å². The summed E-state index contributed by atoms with van der Waals surface area (Å²) in [6, 6.07) is 8.42. The molecule has 0 saturated heterocycles. The summed E-state index contributed by atoms with van der Waals surface area (Å²) >= 11 is 1.69. The third kappa shape index (κ3) is 5.56. The number of rotatable bonds is 8. The van der Waals surface area contributed by atoms with Crippen molar-refractivity contribution < 1.29 is 0 Å². The van der Waals surface area contributed by atoms with Gasteiger partial charge in [0.25, 0.3) is 0 Å². The lowest BCUT2D eigenvalue weighted by atomic mass is 9.86. The summed E-state index contributed by atoms with van der Waals surface area (Å²) in [5, 5.41) is 18.2. The first-order chi connectivity index (χ1) is 19.5. The summed E-state index contributed by atoms with van der Waals surface area (Å²) in [7, 11) is 0. The van der Waals surface area contributed by atoms with Gasteiger partial charge in [0.05, 0.1) is 22.9 Å². The normalized spacial score (nSPS) is 15.1. The molecule has 5 heterocycles. The van der Waals surface area contributed by atoms with Crippen LogP contribution in [0.4, 0.5) is 5.69 Å². The Labute approximate surface area is 238 Å². The molecule has 202 valence electrons. The second-order valence-corrected chi connectivity index (χ2v) is 11.5. The molecule has 1 saturated carbocycles. The number of H-pyrrole nitrogens is 2. The first kappa shape index (κ1) is 26.0. The van der Waals surface area contributed by atoms with Gasteiger partial charge in [-0.15, -0.1) is 0 Å². The molecule has 0 aromatic carbocycles. The third-order valence-corrected chi connectivity index (χ3v) is 8.48. The summed E-state index contributed by atoms with van der Waals surface area (Å²) in [5.41, 5.74) is 9.06. The van der Waals surface area contributed by atoms with E-state index in [2.05, 4.69) is 91.6 Å². The summed E-state index contributed by atoms with van der Waals surface area (Å²) < 4.78 is 0. The van der Waals surface area contributed by atoms with Crippen LogP contribution < -0.4 is 15.9 Å². The van der Waals surface area contributed by atoms with Crippen molar-refractivity contribution in [2.24, 2.45) is 5.92 Å². The Hall–Kier alpha value is -4.23. The van der Waals surface area contributed by atoms with Gasteiger partial charge in [-0.05, 0) is 82.6 Å². The van der Waals surface area contributed by atoms with Crippen molar-refractivity contribution in [3.05, 3.63) is 88.1 Å². The molecule has 5 aromatic heterocycles. The average Bonchev–Trinajstić information content (AvgIpc) is 3.72. The van der Waals surface area contributed by atoms with Crippen molar-refractivity contribution in [3.8, 4) is 22.5 Å². The van der Waals surface area contributed by atoms with Gasteiger partial charge in [0.2, 0.25) is 0 Å². The van der Waals surface area contributed by atoms with Gasteiger partial charge in [0, 0.05) is 28.7 Å². The molecule has 7 heteroatoms. The molecule has 3 N–H and O–H groups in total. The molecule has 6 rings (SSSR count). The maximum Gasteiger partial charge on any atom is 0.138 e. The van der Waals surface area contributed by atoms with Crippen LogP contribution in [0.1, 0.15) is 51.0 Å². The number of nitrogens with zero attached hydrogens (tertiary/aromatic N) is 3. The topological polar surface area (TPSA) is 82.3 Å². The predicted octanol–water partition coefficient (Wildman–Crippen LogP) is 7.27. The van der Waals surface area contributed by atoms with E-state index < -0.39 is 0 Å². The molecule has 1 aliphatic rings. The smallest absolute Gasteiger partial charge is 0.138 e. The number of hydrogen-bond donors (Lipinski definition) is 3. The molecule has 0 spiro atoms. The molecule has 40 heavy (non-hydrogen) atoms. The lowest BCUT2D eigenvalue weighted by Gasteiger charge is -2.22. The van der Waals surface area contributed by atoms with E-state index in [-0.39, 0.29) is 0 Å². The Bertz CT molecular complexity index is 1780. The number of thiophene rings is 1.